The largest absolute Gasteiger partial charge is 0.507 e. The van der Waals surface area contributed by atoms with Crippen molar-refractivity contribution in [3.05, 3.63) is 89.6 Å². The van der Waals surface area contributed by atoms with Crippen molar-refractivity contribution in [2.24, 2.45) is 4.99 Å². The fraction of sp³-hybridized carbons (Fsp3) is 0. The molecule has 1 aromatic heterocycles. The summed E-state index contributed by atoms with van der Waals surface area (Å²) in [4.78, 5) is 9.05. The van der Waals surface area contributed by atoms with Crippen LogP contribution in [0.1, 0.15) is 5.56 Å². The van der Waals surface area contributed by atoms with Crippen LogP contribution in [0.25, 0.3) is 22.0 Å². The Morgan fingerprint density at radius 3 is 2.62 bits per heavy atom. The van der Waals surface area contributed by atoms with Crippen LogP contribution in [0.15, 0.2) is 84.0 Å². The van der Waals surface area contributed by atoms with Gasteiger partial charge in [0, 0.05) is 28.4 Å². The molecule has 1 N–H and O–H groups in total. The zero-order valence-corrected chi connectivity index (χ0v) is 14.6. The predicted octanol–water partition coefficient (Wildman–Crippen LogP) is 6.01. The Labute approximate surface area is 156 Å². The maximum atomic E-state index is 9.95. The lowest BCUT2D eigenvalue weighted by Gasteiger charge is -2.08. The molecule has 0 spiro atoms. The SMILES string of the molecule is Oc1ccc(Cl)cc1C=Nc1cccc2c(-c3ccccc3)ccnc12. The normalized spacial score (nSPS) is 11.3. The lowest BCUT2D eigenvalue weighted by molar-refractivity contribution is 0.474. The number of nitrogens with zero attached hydrogens (tertiary/aromatic N) is 2. The van der Waals surface area contributed by atoms with Gasteiger partial charge in [0.25, 0.3) is 0 Å². The van der Waals surface area contributed by atoms with Gasteiger partial charge < -0.3 is 5.11 Å². The number of hydrogen-bond acceptors (Lipinski definition) is 3. The average molecular weight is 359 g/mol. The van der Waals surface area contributed by atoms with E-state index in [1.807, 2.05) is 42.5 Å². The number of aromatic nitrogens is 1. The van der Waals surface area contributed by atoms with E-state index in [-0.39, 0.29) is 5.75 Å². The monoisotopic (exact) mass is 358 g/mol. The molecule has 4 rings (SSSR count). The molecule has 0 unspecified atom stereocenters. The highest BCUT2D eigenvalue weighted by atomic mass is 35.5. The minimum Gasteiger partial charge on any atom is -0.507 e. The van der Waals surface area contributed by atoms with Gasteiger partial charge in [0.15, 0.2) is 0 Å². The zero-order valence-electron chi connectivity index (χ0n) is 13.8. The number of phenols is 1. The van der Waals surface area contributed by atoms with E-state index < -0.39 is 0 Å². The third-order valence-electron chi connectivity index (χ3n) is 4.17. The minimum absolute atomic E-state index is 0.135. The summed E-state index contributed by atoms with van der Waals surface area (Å²) in [6, 6.07) is 23.0. The van der Waals surface area contributed by atoms with Gasteiger partial charge in [0.1, 0.15) is 5.75 Å². The molecule has 0 radical (unpaired) electrons. The van der Waals surface area contributed by atoms with Gasteiger partial charge in [0.2, 0.25) is 0 Å². The number of pyridine rings is 1. The molecule has 0 aliphatic heterocycles. The molecule has 0 saturated carbocycles. The second kappa shape index (κ2) is 6.98. The first-order chi connectivity index (χ1) is 12.7. The summed E-state index contributed by atoms with van der Waals surface area (Å²) in [7, 11) is 0. The molecule has 3 nitrogen and oxygen atoms in total. The van der Waals surface area contributed by atoms with Gasteiger partial charge in [-0.1, -0.05) is 54.1 Å². The molecule has 0 aliphatic carbocycles. The molecule has 0 atom stereocenters. The van der Waals surface area contributed by atoms with Crippen molar-refractivity contribution in [3.63, 3.8) is 0 Å². The third kappa shape index (κ3) is 3.17. The van der Waals surface area contributed by atoms with Crippen molar-refractivity contribution >= 4 is 34.4 Å². The number of fused-ring (bicyclic) bond motifs is 1. The first-order valence-corrected chi connectivity index (χ1v) is 8.56. The Balaban J connectivity index is 1.82. The van der Waals surface area contributed by atoms with E-state index in [0.29, 0.717) is 10.6 Å². The third-order valence-corrected chi connectivity index (χ3v) is 4.40. The summed E-state index contributed by atoms with van der Waals surface area (Å²) in [6.07, 6.45) is 3.40. The number of hydrogen-bond donors (Lipinski definition) is 1. The minimum atomic E-state index is 0.135. The van der Waals surface area contributed by atoms with E-state index in [0.717, 1.165) is 27.7 Å². The number of aromatic hydroxyl groups is 1. The van der Waals surface area contributed by atoms with Crippen LogP contribution in [-0.4, -0.2) is 16.3 Å². The first kappa shape index (κ1) is 16.3. The number of para-hydroxylation sites is 1. The van der Waals surface area contributed by atoms with Gasteiger partial charge in [-0.3, -0.25) is 9.98 Å². The average Bonchev–Trinajstić information content (AvgIpc) is 2.69. The maximum Gasteiger partial charge on any atom is 0.124 e. The molecule has 26 heavy (non-hydrogen) atoms. The van der Waals surface area contributed by atoms with Crippen molar-refractivity contribution in [1.82, 2.24) is 4.98 Å². The maximum absolute atomic E-state index is 9.95. The van der Waals surface area contributed by atoms with E-state index >= 15 is 0 Å². The summed E-state index contributed by atoms with van der Waals surface area (Å²) in [5.74, 6) is 0.135. The van der Waals surface area contributed by atoms with Gasteiger partial charge in [0.05, 0.1) is 11.2 Å². The zero-order chi connectivity index (χ0) is 17.9. The standard InChI is InChI=1S/C22H15ClN2O/c23-17-9-10-21(26)16(13-17)14-25-20-8-4-7-19-18(11-12-24-22(19)20)15-5-2-1-3-6-15/h1-14,26H. The molecule has 0 aliphatic rings. The number of phenolic OH excluding ortho intramolecular Hbond substituents is 1. The highest BCUT2D eigenvalue weighted by molar-refractivity contribution is 6.30. The van der Waals surface area contributed by atoms with Crippen LogP contribution in [0.2, 0.25) is 5.02 Å². The van der Waals surface area contributed by atoms with Crippen LogP contribution >= 0.6 is 11.6 Å². The second-order valence-electron chi connectivity index (χ2n) is 5.86. The molecule has 4 heteroatoms. The molecule has 3 aromatic carbocycles. The summed E-state index contributed by atoms with van der Waals surface area (Å²) in [5, 5.41) is 11.5. The van der Waals surface area contributed by atoms with E-state index in [9.17, 15) is 5.11 Å². The topological polar surface area (TPSA) is 45.5 Å². The Morgan fingerprint density at radius 1 is 0.923 bits per heavy atom. The second-order valence-corrected chi connectivity index (χ2v) is 6.30. The van der Waals surface area contributed by atoms with Crippen molar-refractivity contribution in [2.45, 2.75) is 0 Å². The fourth-order valence-electron chi connectivity index (χ4n) is 2.90. The summed E-state index contributed by atoms with van der Waals surface area (Å²) < 4.78 is 0. The fourth-order valence-corrected chi connectivity index (χ4v) is 3.08. The predicted molar refractivity (Wildman–Crippen MR) is 108 cm³/mol. The highest BCUT2D eigenvalue weighted by Gasteiger charge is 2.07. The van der Waals surface area contributed by atoms with Crippen LogP contribution in [0.3, 0.4) is 0 Å². The first-order valence-electron chi connectivity index (χ1n) is 8.18. The number of aliphatic imine (C=N–C) groups is 1. The number of rotatable bonds is 3. The Hall–Kier alpha value is -3.17. The van der Waals surface area contributed by atoms with Gasteiger partial charge in [-0.2, -0.15) is 0 Å². The number of benzene rings is 3. The van der Waals surface area contributed by atoms with E-state index in [4.69, 9.17) is 11.6 Å². The van der Waals surface area contributed by atoms with Gasteiger partial charge in [-0.25, -0.2) is 0 Å². The van der Waals surface area contributed by atoms with Crippen LogP contribution < -0.4 is 0 Å². The van der Waals surface area contributed by atoms with E-state index in [2.05, 4.69) is 22.1 Å². The van der Waals surface area contributed by atoms with Crippen molar-refractivity contribution in [1.29, 1.82) is 0 Å². The molecule has 126 valence electrons. The summed E-state index contributed by atoms with van der Waals surface area (Å²) >= 11 is 6.00. The molecular formula is C22H15ClN2O. The lowest BCUT2D eigenvalue weighted by Crippen LogP contribution is -1.86. The van der Waals surface area contributed by atoms with Crippen molar-refractivity contribution in [3.8, 4) is 16.9 Å². The van der Waals surface area contributed by atoms with Crippen molar-refractivity contribution in [2.75, 3.05) is 0 Å². The number of halogens is 1. The highest BCUT2D eigenvalue weighted by Crippen LogP contribution is 2.32. The molecule has 0 bridgehead atoms. The summed E-state index contributed by atoms with van der Waals surface area (Å²) in [6.45, 7) is 0. The van der Waals surface area contributed by atoms with E-state index in [1.165, 1.54) is 0 Å². The van der Waals surface area contributed by atoms with Crippen LogP contribution in [0.5, 0.6) is 5.75 Å². The molecule has 0 saturated heterocycles. The Bertz CT molecular complexity index is 1110. The van der Waals surface area contributed by atoms with Crippen LogP contribution in [0.4, 0.5) is 5.69 Å². The Morgan fingerprint density at radius 2 is 1.77 bits per heavy atom. The molecule has 0 amide bonds. The molecule has 1 heterocycles. The molecule has 4 aromatic rings. The van der Waals surface area contributed by atoms with Gasteiger partial charge in [-0.05, 0) is 41.5 Å². The molecular weight excluding hydrogens is 344 g/mol. The van der Waals surface area contributed by atoms with Gasteiger partial charge in [-0.15, -0.1) is 0 Å². The van der Waals surface area contributed by atoms with Crippen LogP contribution in [0, 0.1) is 0 Å². The van der Waals surface area contributed by atoms with E-state index in [1.54, 1.807) is 30.6 Å². The quantitative estimate of drug-likeness (QED) is 0.456. The van der Waals surface area contributed by atoms with Gasteiger partial charge >= 0.3 is 0 Å². The lowest BCUT2D eigenvalue weighted by atomic mass is 10.0. The van der Waals surface area contributed by atoms with Crippen molar-refractivity contribution < 1.29 is 5.11 Å². The Kier molecular flexibility index (Phi) is 4.38. The van der Waals surface area contributed by atoms with Crippen LogP contribution in [-0.2, 0) is 0 Å². The molecule has 0 fully saturated rings. The summed E-state index contributed by atoms with van der Waals surface area (Å²) in [5.41, 5.74) is 4.35. The smallest absolute Gasteiger partial charge is 0.124 e.